The second-order valence-electron chi connectivity index (χ2n) is 4.58. The van der Waals surface area contributed by atoms with E-state index in [0.717, 1.165) is 10.8 Å². The Balaban J connectivity index is 1.83. The van der Waals surface area contributed by atoms with Gasteiger partial charge in [0.2, 0.25) is 0 Å². The van der Waals surface area contributed by atoms with E-state index in [1.807, 2.05) is 11.4 Å². The van der Waals surface area contributed by atoms with Crippen molar-refractivity contribution in [1.29, 1.82) is 5.26 Å². The van der Waals surface area contributed by atoms with Crippen molar-refractivity contribution in [2.45, 2.75) is 18.8 Å². The number of nitriles is 1. The summed E-state index contributed by atoms with van der Waals surface area (Å²) in [6, 6.07) is 6.22. The predicted molar refractivity (Wildman–Crippen MR) is 75.2 cm³/mol. The molecule has 0 radical (unpaired) electrons. The van der Waals surface area contributed by atoms with Gasteiger partial charge in [-0.2, -0.15) is 5.26 Å². The first kappa shape index (κ1) is 12.6. The van der Waals surface area contributed by atoms with Gasteiger partial charge >= 0.3 is 0 Å². The number of benzene rings is 1. The summed E-state index contributed by atoms with van der Waals surface area (Å²) in [4.78, 5) is 14.7. The third-order valence-corrected chi connectivity index (χ3v) is 3.86. The molecule has 0 atom stereocenters. The molecular weight excluding hydrogens is 276 g/mol. The zero-order valence-electron chi connectivity index (χ0n) is 10.4. The van der Waals surface area contributed by atoms with Crippen LogP contribution in [0.25, 0.3) is 0 Å². The largest absolute Gasteiger partial charge is 0.331 e. The Bertz CT molecular complexity index is 715. The Hall–Kier alpha value is -2.46. The summed E-state index contributed by atoms with van der Waals surface area (Å²) in [6.07, 6.45) is 2.39. The standard InChI is InChI=1S/C13H10N4O2S/c14-6-9-5-10(3-4-12(9)17(18)19)15-13-16-11(7-20-13)8-1-2-8/h3-5,7-8H,1-2H2,(H,15,16). The molecule has 7 heteroatoms. The van der Waals surface area contributed by atoms with Gasteiger partial charge in [0.15, 0.2) is 5.13 Å². The van der Waals surface area contributed by atoms with E-state index in [1.165, 1.54) is 36.3 Å². The third kappa shape index (κ3) is 2.46. The number of rotatable bonds is 4. The molecule has 3 rings (SSSR count). The highest BCUT2D eigenvalue weighted by atomic mass is 32.1. The van der Waals surface area contributed by atoms with Gasteiger partial charge in [-0.1, -0.05) is 0 Å². The lowest BCUT2D eigenvalue weighted by molar-refractivity contribution is -0.385. The normalized spacial score (nSPS) is 13.8. The number of anilines is 2. The average Bonchev–Trinajstić information content (AvgIpc) is 3.19. The van der Waals surface area contributed by atoms with Gasteiger partial charge in [-0.25, -0.2) is 4.98 Å². The lowest BCUT2D eigenvalue weighted by Crippen LogP contribution is -1.95. The zero-order chi connectivity index (χ0) is 14.1. The average molecular weight is 286 g/mol. The Morgan fingerprint density at radius 1 is 1.50 bits per heavy atom. The molecule has 1 aromatic carbocycles. The molecule has 6 nitrogen and oxygen atoms in total. The minimum atomic E-state index is -0.559. The minimum Gasteiger partial charge on any atom is -0.331 e. The number of nitrogens with zero attached hydrogens (tertiary/aromatic N) is 3. The van der Waals surface area contributed by atoms with Crippen molar-refractivity contribution >= 4 is 27.8 Å². The van der Waals surface area contributed by atoms with Crippen molar-refractivity contribution in [3.63, 3.8) is 0 Å². The van der Waals surface area contributed by atoms with Crippen LogP contribution in [-0.2, 0) is 0 Å². The van der Waals surface area contributed by atoms with Crippen LogP contribution in [0.2, 0.25) is 0 Å². The molecular formula is C13H10N4O2S. The minimum absolute atomic E-state index is 0.0407. The lowest BCUT2D eigenvalue weighted by Gasteiger charge is -2.03. The van der Waals surface area contributed by atoms with E-state index < -0.39 is 4.92 Å². The van der Waals surface area contributed by atoms with Gasteiger partial charge in [-0.15, -0.1) is 11.3 Å². The van der Waals surface area contributed by atoms with E-state index in [9.17, 15) is 10.1 Å². The van der Waals surface area contributed by atoms with E-state index in [-0.39, 0.29) is 11.3 Å². The lowest BCUT2D eigenvalue weighted by atomic mass is 10.2. The summed E-state index contributed by atoms with van der Waals surface area (Å²) >= 11 is 1.50. The van der Waals surface area contributed by atoms with E-state index in [1.54, 1.807) is 6.07 Å². The first-order valence-corrected chi connectivity index (χ1v) is 6.96. The van der Waals surface area contributed by atoms with Crippen molar-refractivity contribution in [2.75, 3.05) is 5.32 Å². The predicted octanol–water partition coefficient (Wildman–Crippen LogP) is 3.54. The zero-order valence-corrected chi connectivity index (χ0v) is 11.2. The number of aromatic nitrogens is 1. The van der Waals surface area contributed by atoms with Gasteiger partial charge in [0, 0.05) is 23.1 Å². The monoisotopic (exact) mass is 286 g/mol. The molecule has 20 heavy (non-hydrogen) atoms. The van der Waals surface area contributed by atoms with E-state index in [2.05, 4.69) is 10.3 Å². The van der Waals surface area contributed by atoms with E-state index in [4.69, 9.17) is 5.26 Å². The van der Waals surface area contributed by atoms with Gasteiger partial charge in [0.05, 0.1) is 10.6 Å². The molecule has 100 valence electrons. The highest BCUT2D eigenvalue weighted by Crippen LogP contribution is 2.41. The maximum absolute atomic E-state index is 10.8. The van der Waals surface area contributed by atoms with Crippen LogP contribution < -0.4 is 5.32 Å². The van der Waals surface area contributed by atoms with Gasteiger partial charge < -0.3 is 5.32 Å². The summed E-state index contributed by atoms with van der Waals surface area (Å²) in [5.41, 5.74) is 1.58. The summed E-state index contributed by atoms with van der Waals surface area (Å²) < 4.78 is 0. The van der Waals surface area contributed by atoms with Crippen LogP contribution in [-0.4, -0.2) is 9.91 Å². The van der Waals surface area contributed by atoms with Crippen LogP contribution in [0.4, 0.5) is 16.5 Å². The van der Waals surface area contributed by atoms with Crippen LogP contribution in [0.1, 0.15) is 30.0 Å². The molecule has 0 amide bonds. The number of nitrogens with one attached hydrogen (secondary N) is 1. The summed E-state index contributed by atoms with van der Waals surface area (Å²) in [5.74, 6) is 0.591. The quantitative estimate of drug-likeness (QED) is 0.685. The Labute approximate surface area is 118 Å². The topological polar surface area (TPSA) is 91.8 Å². The SMILES string of the molecule is N#Cc1cc(Nc2nc(C3CC3)cs2)ccc1[N+](=O)[O-]. The van der Waals surface area contributed by atoms with E-state index in [0.29, 0.717) is 11.6 Å². The van der Waals surface area contributed by atoms with Gasteiger partial charge in [-0.3, -0.25) is 10.1 Å². The molecule has 1 aliphatic carbocycles. The molecule has 0 bridgehead atoms. The Kier molecular flexibility index (Phi) is 3.08. The Morgan fingerprint density at radius 3 is 2.95 bits per heavy atom. The van der Waals surface area contributed by atoms with Gasteiger partial charge in [0.1, 0.15) is 11.6 Å². The van der Waals surface area contributed by atoms with Crippen LogP contribution >= 0.6 is 11.3 Å². The maximum atomic E-state index is 10.8. The highest BCUT2D eigenvalue weighted by molar-refractivity contribution is 7.13. The first-order valence-electron chi connectivity index (χ1n) is 6.08. The summed E-state index contributed by atoms with van der Waals surface area (Å²) in [6.45, 7) is 0. The van der Waals surface area contributed by atoms with Gasteiger partial charge in [-0.05, 0) is 25.0 Å². The number of nitro groups is 1. The molecule has 0 unspecified atom stereocenters. The van der Waals surface area contributed by atoms with Gasteiger partial charge in [0.25, 0.3) is 5.69 Å². The molecule has 1 saturated carbocycles. The molecule has 1 fully saturated rings. The number of thiazole rings is 1. The van der Waals surface area contributed by atoms with Crippen LogP contribution in [0.5, 0.6) is 0 Å². The second-order valence-corrected chi connectivity index (χ2v) is 5.44. The van der Waals surface area contributed by atoms with Crippen molar-refractivity contribution in [1.82, 2.24) is 4.98 Å². The highest BCUT2D eigenvalue weighted by Gasteiger charge is 2.26. The number of hydrogen-bond acceptors (Lipinski definition) is 6. The molecule has 1 aromatic heterocycles. The Morgan fingerprint density at radius 2 is 2.30 bits per heavy atom. The third-order valence-electron chi connectivity index (χ3n) is 3.08. The fraction of sp³-hybridized carbons (Fsp3) is 0.231. The molecule has 1 heterocycles. The maximum Gasteiger partial charge on any atom is 0.287 e. The molecule has 1 aliphatic rings. The van der Waals surface area contributed by atoms with E-state index >= 15 is 0 Å². The molecule has 0 spiro atoms. The fourth-order valence-corrected chi connectivity index (χ4v) is 2.71. The van der Waals surface area contributed by atoms with Crippen LogP contribution in [0.3, 0.4) is 0 Å². The number of nitro benzene ring substituents is 1. The fourth-order valence-electron chi connectivity index (χ4n) is 1.90. The first-order chi connectivity index (χ1) is 9.67. The molecule has 2 aromatic rings. The number of hydrogen-bond donors (Lipinski definition) is 1. The summed E-state index contributed by atoms with van der Waals surface area (Å²) in [5, 5.41) is 25.6. The van der Waals surface area contributed by atoms with Crippen molar-refractivity contribution in [2.24, 2.45) is 0 Å². The van der Waals surface area contributed by atoms with Crippen LogP contribution in [0.15, 0.2) is 23.6 Å². The van der Waals surface area contributed by atoms with Crippen molar-refractivity contribution < 1.29 is 4.92 Å². The van der Waals surface area contributed by atoms with Crippen molar-refractivity contribution in [3.05, 3.63) is 45.0 Å². The molecule has 0 aliphatic heterocycles. The second kappa shape index (κ2) is 4.90. The van der Waals surface area contributed by atoms with Crippen LogP contribution in [0, 0.1) is 21.4 Å². The van der Waals surface area contributed by atoms with Crippen molar-refractivity contribution in [3.8, 4) is 6.07 Å². The molecule has 1 N–H and O–H groups in total. The summed E-state index contributed by atoms with van der Waals surface area (Å²) in [7, 11) is 0. The molecule has 0 saturated heterocycles. The smallest absolute Gasteiger partial charge is 0.287 e.